The molecule has 2 aliphatic rings. The number of hydrogen-bond acceptors (Lipinski definition) is 2. The molecule has 0 fully saturated rings. The van der Waals surface area contributed by atoms with Gasteiger partial charge < -0.3 is 4.74 Å². The normalized spacial score (nSPS) is 19.3. The lowest BCUT2D eigenvalue weighted by atomic mass is 9.83. The Hall–Kier alpha value is -1.57. The Labute approximate surface area is 108 Å². The number of benzene rings is 1. The molecule has 94 valence electrons. The Balaban J connectivity index is 1.94. The first-order valence-electron chi connectivity index (χ1n) is 6.78. The summed E-state index contributed by atoms with van der Waals surface area (Å²) in [6.07, 6.45) is 6.34. The summed E-state index contributed by atoms with van der Waals surface area (Å²) in [7, 11) is 1.70. The summed E-state index contributed by atoms with van der Waals surface area (Å²) >= 11 is 0. The number of rotatable bonds is 2. The van der Waals surface area contributed by atoms with Crippen LogP contribution in [0.25, 0.3) is 0 Å². The highest BCUT2D eigenvalue weighted by molar-refractivity contribution is 6.13. The topological polar surface area (TPSA) is 21.6 Å². The highest BCUT2D eigenvalue weighted by Gasteiger charge is 2.21. The second kappa shape index (κ2) is 4.97. The van der Waals surface area contributed by atoms with Crippen LogP contribution in [0.5, 0.6) is 5.75 Å². The van der Waals surface area contributed by atoms with Gasteiger partial charge in [-0.2, -0.15) is 0 Å². The molecule has 0 aromatic heterocycles. The van der Waals surface area contributed by atoms with Crippen LogP contribution < -0.4 is 4.74 Å². The molecule has 2 heteroatoms. The van der Waals surface area contributed by atoms with E-state index in [9.17, 15) is 0 Å². The van der Waals surface area contributed by atoms with E-state index in [1.54, 1.807) is 12.7 Å². The molecule has 1 aromatic rings. The molecule has 3 rings (SSSR count). The van der Waals surface area contributed by atoms with Crippen molar-refractivity contribution in [1.82, 2.24) is 0 Å². The number of methoxy groups -OCH3 is 1. The summed E-state index contributed by atoms with van der Waals surface area (Å²) < 4.78 is 5.21. The van der Waals surface area contributed by atoms with Gasteiger partial charge in [-0.25, -0.2) is 0 Å². The highest BCUT2D eigenvalue weighted by Crippen LogP contribution is 2.32. The number of aliphatic imine (C=N–C) groups is 1. The fourth-order valence-electron chi connectivity index (χ4n) is 2.94. The average molecular weight is 241 g/mol. The van der Waals surface area contributed by atoms with Gasteiger partial charge in [0.1, 0.15) is 5.75 Å². The fourth-order valence-corrected chi connectivity index (χ4v) is 2.94. The zero-order valence-electron chi connectivity index (χ0n) is 10.9. The van der Waals surface area contributed by atoms with E-state index in [1.807, 2.05) is 12.1 Å². The molecule has 0 atom stereocenters. The fraction of sp³-hybridized carbons (Fsp3) is 0.438. The molecule has 0 saturated carbocycles. The smallest absolute Gasteiger partial charge is 0.118 e. The van der Waals surface area contributed by atoms with E-state index in [1.165, 1.54) is 49.0 Å². The van der Waals surface area contributed by atoms with Gasteiger partial charge in [-0.15, -0.1) is 0 Å². The number of dihydropyridines is 1. The minimum absolute atomic E-state index is 0.910. The van der Waals surface area contributed by atoms with Crippen molar-refractivity contribution < 1.29 is 4.74 Å². The zero-order valence-corrected chi connectivity index (χ0v) is 10.9. The van der Waals surface area contributed by atoms with E-state index in [2.05, 4.69) is 12.1 Å². The molecule has 0 spiro atoms. The van der Waals surface area contributed by atoms with Crippen LogP contribution in [0, 0.1) is 0 Å². The lowest BCUT2D eigenvalue weighted by molar-refractivity contribution is 0.415. The van der Waals surface area contributed by atoms with E-state index < -0.39 is 0 Å². The van der Waals surface area contributed by atoms with Crippen molar-refractivity contribution in [1.29, 1.82) is 0 Å². The molecular formula is C16H19NO. The molecule has 1 aromatic carbocycles. The molecule has 1 aliphatic heterocycles. The molecule has 0 radical (unpaired) electrons. The van der Waals surface area contributed by atoms with Gasteiger partial charge in [0, 0.05) is 12.1 Å². The summed E-state index contributed by atoms with van der Waals surface area (Å²) in [5.74, 6) is 0.910. The SMILES string of the molecule is COc1ccc(C2=NCCC3=C2CCCC3)cc1. The van der Waals surface area contributed by atoms with Crippen molar-refractivity contribution in [2.45, 2.75) is 32.1 Å². The van der Waals surface area contributed by atoms with Crippen LogP contribution in [0.4, 0.5) is 0 Å². The van der Waals surface area contributed by atoms with Crippen LogP contribution in [0.1, 0.15) is 37.7 Å². The van der Waals surface area contributed by atoms with Gasteiger partial charge in [0.15, 0.2) is 0 Å². The van der Waals surface area contributed by atoms with E-state index >= 15 is 0 Å². The second-order valence-electron chi connectivity index (χ2n) is 5.00. The predicted octanol–water partition coefficient (Wildman–Crippen LogP) is 3.76. The zero-order chi connectivity index (χ0) is 12.4. The highest BCUT2D eigenvalue weighted by atomic mass is 16.5. The summed E-state index contributed by atoms with van der Waals surface area (Å²) in [6.45, 7) is 0.959. The Bertz CT molecular complexity index is 496. The van der Waals surface area contributed by atoms with Gasteiger partial charge in [-0.1, -0.05) is 5.57 Å². The van der Waals surface area contributed by atoms with Crippen molar-refractivity contribution >= 4 is 5.71 Å². The van der Waals surface area contributed by atoms with Gasteiger partial charge in [-0.05, 0) is 61.9 Å². The molecule has 1 aliphatic carbocycles. The third kappa shape index (κ3) is 2.07. The van der Waals surface area contributed by atoms with E-state index in [0.717, 1.165) is 12.3 Å². The first-order valence-corrected chi connectivity index (χ1v) is 6.78. The van der Waals surface area contributed by atoms with Crippen molar-refractivity contribution in [3.8, 4) is 5.75 Å². The van der Waals surface area contributed by atoms with Gasteiger partial charge in [-0.3, -0.25) is 4.99 Å². The summed E-state index contributed by atoms with van der Waals surface area (Å²) in [6, 6.07) is 8.30. The molecule has 18 heavy (non-hydrogen) atoms. The largest absolute Gasteiger partial charge is 0.497 e. The van der Waals surface area contributed by atoms with Crippen LogP contribution in [0.3, 0.4) is 0 Å². The van der Waals surface area contributed by atoms with Crippen LogP contribution in [0.15, 0.2) is 40.4 Å². The molecule has 2 nitrogen and oxygen atoms in total. The standard InChI is InChI=1S/C16H19NO/c1-18-14-8-6-13(7-9-14)16-15-5-3-2-4-12(15)10-11-17-16/h6-9H,2-5,10-11H2,1H3. The van der Waals surface area contributed by atoms with Crippen molar-refractivity contribution in [3.05, 3.63) is 41.0 Å². The molecular weight excluding hydrogens is 222 g/mol. The van der Waals surface area contributed by atoms with Crippen molar-refractivity contribution in [3.63, 3.8) is 0 Å². The van der Waals surface area contributed by atoms with Crippen LogP contribution >= 0.6 is 0 Å². The number of nitrogens with zero attached hydrogens (tertiary/aromatic N) is 1. The van der Waals surface area contributed by atoms with Gasteiger partial charge in [0.25, 0.3) is 0 Å². The maximum Gasteiger partial charge on any atom is 0.118 e. The minimum atomic E-state index is 0.910. The van der Waals surface area contributed by atoms with Crippen molar-refractivity contribution in [2.75, 3.05) is 13.7 Å². The maximum atomic E-state index is 5.21. The maximum absolute atomic E-state index is 5.21. The van der Waals surface area contributed by atoms with Crippen LogP contribution in [-0.2, 0) is 0 Å². The Morgan fingerprint density at radius 1 is 1.00 bits per heavy atom. The molecule has 1 heterocycles. The monoisotopic (exact) mass is 241 g/mol. The number of hydrogen-bond donors (Lipinski definition) is 0. The Morgan fingerprint density at radius 2 is 1.78 bits per heavy atom. The van der Waals surface area contributed by atoms with E-state index in [4.69, 9.17) is 9.73 Å². The predicted molar refractivity (Wildman–Crippen MR) is 74.5 cm³/mol. The molecule has 0 bridgehead atoms. The number of ether oxygens (including phenoxy) is 1. The summed E-state index contributed by atoms with van der Waals surface area (Å²) in [5, 5.41) is 0. The van der Waals surface area contributed by atoms with E-state index in [0.29, 0.717) is 0 Å². The van der Waals surface area contributed by atoms with Crippen LogP contribution in [0.2, 0.25) is 0 Å². The third-order valence-electron chi connectivity index (χ3n) is 3.91. The van der Waals surface area contributed by atoms with Gasteiger partial charge in [0.05, 0.1) is 12.8 Å². The second-order valence-corrected chi connectivity index (χ2v) is 5.00. The van der Waals surface area contributed by atoms with Gasteiger partial charge in [0.2, 0.25) is 0 Å². The molecule has 0 saturated heterocycles. The lowest BCUT2D eigenvalue weighted by Gasteiger charge is -2.25. The Kier molecular flexibility index (Phi) is 3.18. The molecule has 0 unspecified atom stereocenters. The minimum Gasteiger partial charge on any atom is -0.497 e. The van der Waals surface area contributed by atoms with Crippen LogP contribution in [-0.4, -0.2) is 19.4 Å². The Morgan fingerprint density at radius 3 is 2.56 bits per heavy atom. The van der Waals surface area contributed by atoms with Crippen molar-refractivity contribution in [2.24, 2.45) is 4.99 Å². The summed E-state index contributed by atoms with van der Waals surface area (Å²) in [4.78, 5) is 4.76. The van der Waals surface area contributed by atoms with Gasteiger partial charge >= 0.3 is 0 Å². The molecule has 0 amide bonds. The molecule has 0 N–H and O–H groups in total. The number of allylic oxidation sites excluding steroid dienone is 1. The average Bonchev–Trinajstić information content (AvgIpc) is 2.47. The quantitative estimate of drug-likeness (QED) is 0.772. The first-order chi connectivity index (χ1) is 8.88. The van der Waals surface area contributed by atoms with E-state index in [-0.39, 0.29) is 0 Å². The first kappa shape index (κ1) is 11.5. The lowest BCUT2D eigenvalue weighted by Crippen LogP contribution is -2.17. The summed E-state index contributed by atoms with van der Waals surface area (Å²) in [5.41, 5.74) is 5.66. The third-order valence-corrected chi connectivity index (χ3v) is 3.91.